The molecule has 3 aromatic carbocycles. The van der Waals surface area contributed by atoms with Gasteiger partial charge >= 0.3 is 13.4 Å². The summed E-state index contributed by atoms with van der Waals surface area (Å²) in [4.78, 5) is 11.1. The first-order chi connectivity index (χ1) is 16.3. The lowest BCUT2D eigenvalue weighted by atomic mass is 10.1. The van der Waals surface area contributed by atoms with Gasteiger partial charge in [-0.05, 0) is 60.0 Å². The van der Waals surface area contributed by atoms with Gasteiger partial charge in [-0.3, -0.25) is 19.2 Å². The van der Waals surface area contributed by atoms with E-state index in [0.717, 1.165) is 37.3 Å². The quantitative estimate of drug-likeness (QED) is 0.143. The van der Waals surface area contributed by atoms with Gasteiger partial charge in [-0.2, -0.15) is 0 Å². The van der Waals surface area contributed by atoms with E-state index in [1.807, 2.05) is 45.7 Å². The Labute approximate surface area is 202 Å². The minimum absolute atomic E-state index is 0.102. The molecule has 1 atom stereocenters. The molecule has 34 heavy (non-hydrogen) atoms. The molecule has 2 saturated heterocycles. The van der Waals surface area contributed by atoms with E-state index in [-0.39, 0.29) is 11.4 Å². The Hall–Kier alpha value is -2.74. The topological polar surface area (TPSA) is 84.7 Å². The zero-order valence-electron chi connectivity index (χ0n) is 18.5. The molecule has 0 N–H and O–H groups in total. The molecule has 0 aromatic heterocycles. The maximum atomic E-state index is 13.3. The van der Waals surface area contributed by atoms with Gasteiger partial charge in [0.25, 0.3) is 0 Å². The van der Waals surface area contributed by atoms with Gasteiger partial charge in [-0.15, -0.1) is 0 Å². The molecule has 2 fully saturated rings. The van der Waals surface area contributed by atoms with E-state index in [9.17, 15) is 14.7 Å². The Bertz CT molecular complexity index is 1240. The van der Waals surface area contributed by atoms with Crippen LogP contribution in [0.4, 0.5) is 5.69 Å². The summed E-state index contributed by atoms with van der Waals surface area (Å²) in [6.45, 7) is 4.80. The van der Waals surface area contributed by atoms with Crippen molar-refractivity contribution in [1.82, 2.24) is 9.34 Å². The fourth-order valence-corrected chi connectivity index (χ4v) is 6.15. The molecule has 10 heteroatoms. The molecule has 2 aliphatic rings. The minimum atomic E-state index is -3.03. The SMILES string of the molecule is CC(OP(=O)(N1CC1)N1CC1)c1ccc([N+](=O)[O-])c(Oc2ccc(-c3ccc(Cl)cc3)cc2)c1. The third-order valence-corrected chi connectivity index (χ3v) is 8.84. The van der Waals surface area contributed by atoms with Gasteiger partial charge in [0.1, 0.15) is 5.75 Å². The van der Waals surface area contributed by atoms with Crippen molar-refractivity contribution in [3.05, 3.63) is 87.4 Å². The number of halogens is 1. The summed E-state index contributed by atoms with van der Waals surface area (Å²) in [7, 11) is -3.03. The van der Waals surface area contributed by atoms with Crippen LogP contribution >= 0.6 is 19.3 Å². The molecular formula is C24H23ClN3O5P. The van der Waals surface area contributed by atoms with Crippen molar-refractivity contribution < 1.29 is 18.7 Å². The lowest BCUT2D eigenvalue weighted by molar-refractivity contribution is -0.385. The van der Waals surface area contributed by atoms with E-state index >= 15 is 0 Å². The molecule has 1 unspecified atom stereocenters. The normalized spacial score (nSPS) is 16.8. The summed E-state index contributed by atoms with van der Waals surface area (Å²) in [6, 6.07) is 19.4. The highest BCUT2D eigenvalue weighted by atomic mass is 35.5. The molecule has 0 aliphatic carbocycles. The Morgan fingerprint density at radius 3 is 2.03 bits per heavy atom. The molecule has 3 aromatic rings. The number of ether oxygens (including phenoxy) is 1. The monoisotopic (exact) mass is 499 g/mol. The van der Waals surface area contributed by atoms with Crippen molar-refractivity contribution in [3.63, 3.8) is 0 Å². The van der Waals surface area contributed by atoms with Crippen LogP contribution in [0, 0.1) is 10.1 Å². The lowest BCUT2D eigenvalue weighted by Crippen LogP contribution is -2.10. The molecule has 176 valence electrons. The molecule has 2 heterocycles. The number of benzene rings is 3. The lowest BCUT2D eigenvalue weighted by Gasteiger charge is -2.24. The fraction of sp³-hybridized carbons (Fsp3) is 0.250. The third-order valence-electron chi connectivity index (χ3n) is 5.77. The van der Waals surface area contributed by atoms with Gasteiger partial charge in [0, 0.05) is 37.3 Å². The zero-order chi connectivity index (χ0) is 23.9. The van der Waals surface area contributed by atoms with E-state index in [2.05, 4.69) is 0 Å². The summed E-state index contributed by atoms with van der Waals surface area (Å²) >= 11 is 5.96. The van der Waals surface area contributed by atoms with E-state index in [1.54, 1.807) is 31.2 Å². The molecule has 0 amide bonds. The maximum absolute atomic E-state index is 13.3. The summed E-state index contributed by atoms with van der Waals surface area (Å²) in [5, 5.41) is 12.3. The predicted molar refractivity (Wildman–Crippen MR) is 130 cm³/mol. The number of nitrogens with zero attached hydrogens (tertiary/aromatic N) is 3. The molecular weight excluding hydrogens is 477 g/mol. The van der Waals surface area contributed by atoms with Gasteiger partial charge in [0.2, 0.25) is 5.75 Å². The van der Waals surface area contributed by atoms with Gasteiger partial charge in [0.15, 0.2) is 0 Å². The van der Waals surface area contributed by atoms with Crippen molar-refractivity contribution in [2.45, 2.75) is 13.0 Å². The minimum Gasteiger partial charge on any atom is -0.450 e. The second kappa shape index (κ2) is 9.13. The van der Waals surface area contributed by atoms with Crippen LogP contribution in [0.2, 0.25) is 5.02 Å². The second-order valence-corrected chi connectivity index (χ2v) is 11.0. The Morgan fingerprint density at radius 1 is 0.941 bits per heavy atom. The van der Waals surface area contributed by atoms with Crippen molar-refractivity contribution in [2.75, 3.05) is 26.2 Å². The zero-order valence-corrected chi connectivity index (χ0v) is 20.1. The summed E-state index contributed by atoms with van der Waals surface area (Å²) in [5.41, 5.74) is 2.47. The standard InChI is InChI=1S/C24H23ClN3O5P/c1-17(33-34(31,26-12-13-26)27-14-15-27)20-6-11-23(28(29)30)24(16-20)32-22-9-4-19(5-10-22)18-2-7-21(25)8-3-18/h2-11,16-17H,12-15H2,1H3. The number of hydrogen-bond donors (Lipinski definition) is 0. The number of nitro groups is 1. The summed E-state index contributed by atoms with van der Waals surface area (Å²) < 4.78 is 28.9. The molecule has 0 spiro atoms. The highest BCUT2D eigenvalue weighted by Gasteiger charge is 2.50. The Kier molecular flexibility index (Phi) is 6.18. The van der Waals surface area contributed by atoms with Crippen LogP contribution < -0.4 is 4.74 Å². The Balaban J connectivity index is 1.37. The predicted octanol–water partition coefficient (Wildman–Crippen LogP) is 6.52. The van der Waals surface area contributed by atoms with Crippen LogP contribution in [0.5, 0.6) is 11.5 Å². The second-order valence-electron chi connectivity index (χ2n) is 8.26. The number of rotatable bonds is 9. The molecule has 8 nitrogen and oxygen atoms in total. The van der Waals surface area contributed by atoms with Gasteiger partial charge in [-0.1, -0.05) is 35.9 Å². The van der Waals surface area contributed by atoms with E-state index < -0.39 is 18.7 Å². The van der Waals surface area contributed by atoms with Crippen LogP contribution in [0.1, 0.15) is 18.6 Å². The van der Waals surface area contributed by atoms with Crippen LogP contribution in [0.25, 0.3) is 11.1 Å². The van der Waals surface area contributed by atoms with Crippen molar-refractivity contribution in [2.24, 2.45) is 0 Å². The van der Waals surface area contributed by atoms with Crippen molar-refractivity contribution in [3.8, 4) is 22.6 Å². The highest BCUT2D eigenvalue weighted by Crippen LogP contribution is 2.63. The van der Waals surface area contributed by atoms with Crippen molar-refractivity contribution >= 4 is 25.0 Å². The molecule has 0 saturated carbocycles. The smallest absolute Gasteiger partial charge is 0.346 e. The first-order valence-electron chi connectivity index (χ1n) is 10.9. The number of hydrogen-bond acceptors (Lipinski definition) is 5. The maximum Gasteiger partial charge on any atom is 0.346 e. The van der Waals surface area contributed by atoms with Gasteiger partial charge < -0.3 is 4.74 Å². The van der Waals surface area contributed by atoms with Crippen LogP contribution in [-0.4, -0.2) is 40.4 Å². The van der Waals surface area contributed by atoms with Crippen LogP contribution in [0.3, 0.4) is 0 Å². The molecule has 0 radical (unpaired) electrons. The largest absolute Gasteiger partial charge is 0.450 e. The van der Waals surface area contributed by atoms with E-state index in [4.69, 9.17) is 20.9 Å². The van der Waals surface area contributed by atoms with E-state index in [1.165, 1.54) is 6.07 Å². The first kappa shape index (κ1) is 23.0. The van der Waals surface area contributed by atoms with Crippen LogP contribution in [0.15, 0.2) is 66.7 Å². The van der Waals surface area contributed by atoms with Crippen LogP contribution in [-0.2, 0) is 9.09 Å². The Morgan fingerprint density at radius 2 is 1.50 bits per heavy atom. The third kappa shape index (κ3) is 4.87. The highest BCUT2D eigenvalue weighted by molar-refractivity contribution is 7.54. The molecule has 5 rings (SSSR count). The average Bonchev–Trinajstić information content (AvgIpc) is 3.72. The van der Waals surface area contributed by atoms with E-state index in [0.29, 0.717) is 16.3 Å². The van der Waals surface area contributed by atoms with Gasteiger partial charge in [-0.25, -0.2) is 9.34 Å². The molecule has 2 aliphatic heterocycles. The summed E-state index contributed by atoms with van der Waals surface area (Å²) in [6.07, 6.45) is -0.525. The number of nitro benzene ring substituents is 1. The van der Waals surface area contributed by atoms with Crippen molar-refractivity contribution in [1.29, 1.82) is 0 Å². The first-order valence-corrected chi connectivity index (χ1v) is 12.9. The fourth-order valence-electron chi connectivity index (χ4n) is 3.67. The average molecular weight is 500 g/mol. The molecule has 0 bridgehead atoms. The summed E-state index contributed by atoms with van der Waals surface area (Å²) in [5.74, 6) is 0.566. The van der Waals surface area contributed by atoms with Gasteiger partial charge in [0.05, 0.1) is 11.0 Å².